The minimum atomic E-state index is -2.25. The van der Waals surface area contributed by atoms with E-state index in [9.17, 15) is 9.59 Å². The van der Waals surface area contributed by atoms with Crippen LogP contribution < -0.4 is 4.90 Å². The normalized spacial score (nSPS) is 19.0. The molecule has 2 aromatic heterocycles. The fourth-order valence-corrected chi connectivity index (χ4v) is 17.4. The van der Waals surface area contributed by atoms with Gasteiger partial charge in [-0.05, 0) is 75.0 Å². The molecule has 0 bridgehead atoms. The minimum absolute atomic E-state index is 0.0645. The highest BCUT2D eigenvalue weighted by Crippen LogP contribution is 2.53. The van der Waals surface area contributed by atoms with Crippen molar-refractivity contribution in [2.75, 3.05) is 24.0 Å². The second kappa shape index (κ2) is 21.5. The van der Waals surface area contributed by atoms with Gasteiger partial charge in [-0.2, -0.15) is 0 Å². The van der Waals surface area contributed by atoms with Gasteiger partial charge in [-0.15, -0.1) is 11.8 Å². The second-order valence-electron chi connectivity index (χ2n) is 16.5. The van der Waals surface area contributed by atoms with Gasteiger partial charge in [0.15, 0.2) is 23.2 Å². The lowest BCUT2D eigenvalue weighted by molar-refractivity contribution is -0.0162. The summed E-state index contributed by atoms with van der Waals surface area (Å²) in [6, 6.07) is 17.5. The molecule has 16 heteroatoms. The number of fused-ring (bicyclic) bond motifs is 1. The van der Waals surface area contributed by atoms with Gasteiger partial charge in [-0.3, -0.25) is 14.2 Å². The fourth-order valence-electron chi connectivity index (χ4n) is 8.57. The summed E-state index contributed by atoms with van der Waals surface area (Å²) in [5.41, 5.74) is 2.50. The molecule has 4 aromatic rings. The van der Waals surface area contributed by atoms with Crippen molar-refractivity contribution in [3.8, 4) is 0 Å². The highest BCUT2D eigenvalue weighted by molar-refractivity contribution is 7.99. The van der Waals surface area contributed by atoms with Gasteiger partial charge in [0.1, 0.15) is 19.0 Å². The smallest absolute Gasteiger partial charge is 0.266 e. The molecule has 1 saturated heterocycles. The molecule has 2 unspecified atom stereocenters. The molecule has 5 atom stereocenters. The van der Waals surface area contributed by atoms with Gasteiger partial charge in [0.2, 0.25) is 14.9 Å². The molecule has 60 heavy (non-hydrogen) atoms. The number of imidazole rings is 1. The number of nitrogens with zero attached hydrogens (tertiary/aromatic N) is 7. The number of amides is 2. The number of thioether (sulfide) groups is 1. The van der Waals surface area contributed by atoms with Crippen LogP contribution in [-0.4, -0.2) is 93.0 Å². The predicted octanol–water partition coefficient (Wildman–Crippen LogP) is 10.5. The Hall–Kier alpha value is -3.58. The molecule has 0 aliphatic carbocycles. The first-order valence-electron chi connectivity index (χ1n) is 21.0. The molecule has 324 valence electrons. The maximum Gasteiger partial charge on any atom is 0.266 e. The van der Waals surface area contributed by atoms with Crippen LogP contribution in [0.25, 0.3) is 16.0 Å². The van der Waals surface area contributed by atoms with Gasteiger partial charge in [0, 0.05) is 23.2 Å². The number of imide groups is 1. The topological polar surface area (TPSA) is 126 Å². The summed E-state index contributed by atoms with van der Waals surface area (Å²) in [5, 5.41) is -0.326. The van der Waals surface area contributed by atoms with E-state index in [0.717, 1.165) is 4.90 Å². The standard InChI is InChI=1S/C44H62N7O6PSSi/c1-13-36-38(57-58(54-25-24-45-12)51(29(2)3)30(4)5)39(59-28-55-60(31(6)7,32(8)9)33(10)11)44(56-36)49-27-48-37-40(49)46-26-47-41(37)50(42(52)34-20-16-14-17-21-34)43(53)35-22-18-15-19-23-35/h14-23,26-27,29-33,36,38-39,44H,13,24-25,28H2,1-11H3/t36-,38+,39?,44-,58?/m1/s1. The second-order valence-corrected chi connectivity index (χ2v) is 24.5. The zero-order valence-corrected chi connectivity index (χ0v) is 39.6. The molecular formula is C44H62N7O6PSSi. The predicted molar refractivity (Wildman–Crippen MR) is 243 cm³/mol. The molecule has 0 spiro atoms. The van der Waals surface area contributed by atoms with Gasteiger partial charge in [-0.1, -0.05) is 84.9 Å². The van der Waals surface area contributed by atoms with E-state index in [1.165, 1.54) is 6.33 Å². The monoisotopic (exact) mass is 875 g/mol. The zero-order valence-electron chi connectivity index (χ0n) is 36.9. The van der Waals surface area contributed by atoms with E-state index in [2.05, 4.69) is 90.7 Å². The van der Waals surface area contributed by atoms with E-state index in [4.69, 9.17) is 34.8 Å². The number of hydrogen-bond acceptors (Lipinski definition) is 11. The third-order valence-electron chi connectivity index (χ3n) is 11.1. The summed E-state index contributed by atoms with van der Waals surface area (Å²) in [7, 11) is -3.85. The van der Waals surface area contributed by atoms with Crippen LogP contribution in [0.4, 0.5) is 5.82 Å². The van der Waals surface area contributed by atoms with Gasteiger partial charge >= 0.3 is 0 Å². The molecule has 1 aliphatic rings. The number of carbonyl (C=O) groups is 2. The van der Waals surface area contributed by atoms with Crippen LogP contribution in [0.3, 0.4) is 0 Å². The van der Waals surface area contributed by atoms with Crippen molar-refractivity contribution < 1.29 is 27.8 Å². The van der Waals surface area contributed by atoms with Crippen LogP contribution in [0, 0.1) is 6.57 Å². The largest absolute Gasteiger partial charge is 0.407 e. The van der Waals surface area contributed by atoms with E-state index >= 15 is 0 Å². The van der Waals surface area contributed by atoms with Crippen LogP contribution >= 0.6 is 20.3 Å². The number of benzene rings is 2. The SMILES string of the molecule is [C-]#[N+]CCOP(O[C@@H]1C(SCO[Si](C(C)C)(C(C)C)C(C)C)[C@H](n2cnc3c(N(C(=O)c4ccccc4)C(=O)c4ccccc4)ncnc32)O[C@@H]1CC)N(C(C)C)C(C)C. The van der Waals surface area contributed by atoms with Crippen LogP contribution in [0.15, 0.2) is 73.3 Å². The van der Waals surface area contributed by atoms with Gasteiger partial charge < -0.3 is 23.1 Å². The Morgan fingerprint density at radius 1 is 0.883 bits per heavy atom. The highest BCUT2D eigenvalue weighted by Gasteiger charge is 2.50. The van der Waals surface area contributed by atoms with Crippen molar-refractivity contribution in [1.29, 1.82) is 0 Å². The van der Waals surface area contributed by atoms with E-state index in [-0.39, 0.29) is 47.9 Å². The summed E-state index contributed by atoms with van der Waals surface area (Å²) >= 11 is 1.66. The molecule has 2 amide bonds. The van der Waals surface area contributed by atoms with Gasteiger partial charge in [0.05, 0.1) is 23.6 Å². The molecule has 1 aliphatic heterocycles. The maximum atomic E-state index is 14.3. The summed E-state index contributed by atoms with van der Waals surface area (Å²) in [6.07, 6.45) is 2.22. The Bertz CT molecular complexity index is 1970. The lowest BCUT2D eigenvalue weighted by Crippen LogP contribution is -2.48. The van der Waals surface area contributed by atoms with Crippen molar-refractivity contribution in [2.45, 2.75) is 135 Å². The van der Waals surface area contributed by atoms with Crippen molar-refractivity contribution in [3.63, 3.8) is 0 Å². The molecule has 3 heterocycles. The molecule has 1 fully saturated rings. The van der Waals surface area contributed by atoms with Crippen LogP contribution in [0.5, 0.6) is 0 Å². The third-order valence-corrected chi connectivity index (χ3v) is 20.6. The van der Waals surface area contributed by atoms with E-state index < -0.39 is 41.0 Å². The quantitative estimate of drug-likeness (QED) is 0.0210. The molecular weight excluding hydrogens is 814 g/mol. The Morgan fingerprint density at radius 3 is 1.95 bits per heavy atom. The maximum absolute atomic E-state index is 14.3. The summed E-state index contributed by atoms with van der Waals surface area (Å²) < 4.78 is 31.8. The lowest BCUT2D eigenvalue weighted by atomic mass is 10.1. The first kappa shape index (κ1) is 47.5. The van der Waals surface area contributed by atoms with Crippen LogP contribution in [0.1, 0.15) is 110 Å². The number of hydrogen-bond donors (Lipinski definition) is 0. The number of anilines is 1. The summed E-state index contributed by atoms with van der Waals surface area (Å²) in [5.74, 6) is -0.593. The number of ether oxygens (including phenoxy) is 1. The highest BCUT2D eigenvalue weighted by atomic mass is 32.2. The molecule has 0 N–H and O–H groups in total. The van der Waals surface area contributed by atoms with Crippen molar-refractivity contribution >= 4 is 57.4 Å². The number of rotatable bonds is 20. The molecule has 13 nitrogen and oxygen atoms in total. The lowest BCUT2D eigenvalue weighted by Gasteiger charge is -2.42. The van der Waals surface area contributed by atoms with Crippen molar-refractivity contribution in [3.05, 3.63) is 95.9 Å². The number of aromatic nitrogens is 4. The Balaban J connectivity index is 1.62. The average Bonchev–Trinajstić information content (AvgIpc) is 3.80. The third kappa shape index (κ3) is 10.2. The molecule has 0 radical (unpaired) electrons. The Kier molecular flexibility index (Phi) is 17.0. The van der Waals surface area contributed by atoms with Crippen LogP contribution in [-0.2, 0) is 18.2 Å². The first-order chi connectivity index (χ1) is 28.7. The Labute approximate surface area is 362 Å². The van der Waals surface area contributed by atoms with E-state index in [1.54, 1.807) is 66.6 Å². The van der Waals surface area contributed by atoms with Crippen molar-refractivity contribution in [2.24, 2.45) is 0 Å². The zero-order chi connectivity index (χ0) is 43.7. The van der Waals surface area contributed by atoms with Crippen molar-refractivity contribution in [1.82, 2.24) is 24.2 Å². The number of carbonyl (C=O) groups excluding carboxylic acids is 2. The molecule has 2 aromatic carbocycles. The van der Waals surface area contributed by atoms with Crippen LogP contribution in [0.2, 0.25) is 16.6 Å². The first-order valence-corrected chi connectivity index (χ1v) is 25.3. The molecule has 0 saturated carbocycles. The summed E-state index contributed by atoms with van der Waals surface area (Å²) in [4.78, 5) is 47.2. The minimum Gasteiger partial charge on any atom is -0.407 e. The molecule has 5 rings (SSSR count). The van der Waals surface area contributed by atoms with Gasteiger partial charge in [0.25, 0.3) is 20.3 Å². The van der Waals surface area contributed by atoms with E-state index in [0.29, 0.717) is 45.8 Å². The van der Waals surface area contributed by atoms with Gasteiger partial charge in [-0.25, -0.2) is 31.1 Å². The summed E-state index contributed by atoms with van der Waals surface area (Å²) in [6.45, 7) is 32.1. The fraction of sp³-hybridized carbons (Fsp3) is 0.545. The van der Waals surface area contributed by atoms with E-state index in [1.807, 2.05) is 16.7 Å². The Morgan fingerprint density at radius 2 is 1.45 bits per heavy atom. The average molecular weight is 876 g/mol.